The average Bonchev–Trinajstić information content (AvgIpc) is 3.24. The molecule has 4 rings (SSSR count). The first kappa shape index (κ1) is 25.6. The number of hydrogen-bond donors (Lipinski definition) is 3. The zero-order chi connectivity index (χ0) is 25.9. The topological polar surface area (TPSA) is 136 Å². The molecule has 2 amide bonds. The first-order chi connectivity index (χ1) is 17.2. The van der Waals surface area contributed by atoms with Gasteiger partial charge in [0.05, 0.1) is 31.0 Å². The molecule has 0 radical (unpaired) electrons. The number of aliphatic hydroxyl groups is 1. The van der Waals surface area contributed by atoms with Crippen molar-refractivity contribution in [3.63, 3.8) is 0 Å². The van der Waals surface area contributed by atoms with Crippen molar-refractivity contribution in [3.8, 4) is 5.75 Å². The summed E-state index contributed by atoms with van der Waals surface area (Å²) in [5, 5.41) is 13.4. The number of rotatable bonds is 9. The number of carbonyl (C=O) groups excluding carboxylic acids is 2. The number of methoxy groups -OCH3 is 1. The molecule has 2 aliphatic heterocycles. The van der Waals surface area contributed by atoms with Gasteiger partial charge in [-0.2, -0.15) is 0 Å². The Labute approximate surface area is 210 Å². The molecule has 0 saturated carbocycles. The Kier molecular flexibility index (Phi) is 7.58. The van der Waals surface area contributed by atoms with Crippen molar-refractivity contribution in [2.24, 2.45) is 10.7 Å². The van der Waals surface area contributed by atoms with Crippen LogP contribution in [0.2, 0.25) is 0 Å². The first-order valence-electron chi connectivity index (χ1n) is 11.8. The molecule has 10 nitrogen and oxygen atoms in total. The highest BCUT2D eigenvalue weighted by Gasteiger charge is 2.40. The van der Waals surface area contributed by atoms with Crippen LogP contribution in [0.15, 0.2) is 47.5 Å². The number of nitrogens with two attached hydrogens (primary N) is 1. The Morgan fingerprint density at radius 3 is 2.89 bits per heavy atom. The van der Waals surface area contributed by atoms with Gasteiger partial charge in [0.2, 0.25) is 0 Å². The Bertz CT molecular complexity index is 1160. The van der Waals surface area contributed by atoms with Crippen LogP contribution in [0.3, 0.4) is 0 Å². The van der Waals surface area contributed by atoms with Gasteiger partial charge in [0.15, 0.2) is 12.2 Å². The quantitative estimate of drug-likeness (QED) is 0.482. The van der Waals surface area contributed by atoms with Gasteiger partial charge in [-0.3, -0.25) is 14.6 Å². The lowest BCUT2D eigenvalue weighted by atomic mass is 10.1. The molecule has 2 atom stereocenters. The van der Waals surface area contributed by atoms with E-state index >= 15 is 0 Å². The van der Waals surface area contributed by atoms with E-state index in [1.54, 1.807) is 43.5 Å². The lowest BCUT2D eigenvalue weighted by Gasteiger charge is -2.35. The number of hydrogen-bond acceptors (Lipinski definition) is 8. The predicted octanol–water partition coefficient (Wildman–Crippen LogP) is 1.83. The van der Waals surface area contributed by atoms with Crippen LogP contribution in [0.1, 0.15) is 31.4 Å². The molecule has 0 aliphatic carbocycles. The molecule has 4 N–H and O–H groups in total. The second-order valence-corrected chi connectivity index (χ2v) is 9.32. The lowest BCUT2D eigenvalue weighted by Crippen LogP contribution is -2.55. The minimum Gasteiger partial charge on any atom is -0.491 e. The number of fused-ring (bicyclic) bond motifs is 1. The summed E-state index contributed by atoms with van der Waals surface area (Å²) in [5.74, 6) is -0.284. The number of aliphatic hydroxyl groups excluding tert-OH is 1. The van der Waals surface area contributed by atoms with Crippen molar-refractivity contribution >= 4 is 29.0 Å². The van der Waals surface area contributed by atoms with Gasteiger partial charge < -0.3 is 35.3 Å². The highest BCUT2D eigenvalue weighted by Crippen LogP contribution is 2.31. The molecule has 2 aliphatic rings. The van der Waals surface area contributed by atoms with E-state index in [1.165, 1.54) is 4.90 Å². The zero-order valence-corrected chi connectivity index (χ0v) is 20.7. The van der Waals surface area contributed by atoms with E-state index in [4.69, 9.17) is 19.9 Å². The fraction of sp³-hybridized carbons (Fsp3) is 0.423. The third-order valence-electron chi connectivity index (χ3n) is 6.42. The van der Waals surface area contributed by atoms with E-state index in [9.17, 15) is 14.7 Å². The highest BCUT2D eigenvalue weighted by atomic mass is 16.5. The third kappa shape index (κ3) is 5.51. The van der Waals surface area contributed by atoms with Gasteiger partial charge in [0.1, 0.15) is 11.6 Å². The normalized spacial score (nSPS) is 18.4. The largest absolute Gasteiger partial charge is 0.491 e. The molecular formula is C26H32N4O6. The smallest absolute Gasteiger partial charge is 0.259 e. The molecule has 10 heteroatoms. The highest BCUT2D eigenvalue weighted by molar-refractivity contribution is 6.05. The third-order valence-corrected chi connectivity index (χ3v) is 6.42. The van der Waals surface area contributed by atoms with Crippen molar-refractivity contribution in [1.29, 1.82) is 0 Å². The van der Waals surface area contributed by atoms with E-state index in [-0.39, 0.29) is 18.8 Å². The van der Waals surface area contributed by atoms with Gasteiger partial charge in [-0.25, -0.2) is 0 Å². The van der Waals surface area contributed by atoms with Crippen LogP contribution >= 0.6 is 0 Å². The van der Waals surface area contributed by atoms with Gasteiger partial charge >= 0.3 is 0 Å². The molecule has 0 bridgehead atoms. The van der Waals surface area contributed by atoms with Crippen molar-refractivity contribution in [3.05, 3.63) is 53.6 Å². The number of para-hydroxylation sites is 2. The van der Waals surface area contributed by atoms with Crippen molar-refractivity contribution in [2.45, 2.75) is 44.6 Å². The predicted molar refractivity (Wildman–Crippen MR) is 135 cm³/mol. The van der Waals surface area contributed by atoms with Crippen LogP contribution in [0.5, 0.6) is 5.75 Å². The Morgan fingerprint density at radius 2 is 2.11 bits per heavy atom. The summed E-state index contributed by atoms with van der Waals surface area (Å²) in [4.78, 5) is 31.7. The Hall–Kier alpha value is -3.47. The van der Waals surface area contributed by atoms with E-state index in [2.05, 4.69) is 10.3 Å². The van der Waals surface area contributed by atoms with E-state index in [1.807, 2.05) is 19.9 Å². The maximum Gasteiger partial charge on any atom is 0.259 e. The van der Waals surface area contributed by atoms with Gasteiger partial charge in [0, 0.05) is 31.3 Å². The summed E-state index contributed by atoms with van der Waals surface area (Å²) in [5.41, 5.74) is 8.21. The number of amides is 2. The number of benzene rings is 2. The van der Waals surface area contributed by atoms with Crippen LogP contribution < -0.4 is 20.7 Å². The summed E-state index contributed by atoms with van der Waals surface area (Å²) in [7, 11) is 1.65. The van der Waals surface area contributed by atoms with Crippen molar-refractivity contribution < 1.29 is 28.9 Å². The molecule has 0 unspecified atom stereocenters. The molecular weight excluding hydrogens is 464 g/mol. The molecule has 2 aromatic carbocycles. The molecule has 192 valence electrons. The van der Waals surface area contributed by atoms with E-state index in [0.29, 0.717) is 42.5 Å². The number of aliphatic imine (C=N–C) groups is 1. The summed E-state index contributed by atoms with van der Waals surface area (Å²) >= 11 is 0. The molecule has 2 heterocycles. The molecule has 1 fully saturated rings. The SMILES string of the molecule is COC(C)(C)CCOc1ccccc1N1CCO[C@H]([C@@H](O)C(=O)Nc2ccc3c(c2)CN=C3N)C1=O. The minimum atomic E-state index is -1.70. The number of morpholine rings is 1. The average molecular weight is 497 g/mol. The van der Waals surface area contributed by atoms with Crippen LogP contribution in [0.4, 0.5) is 11.4 Å². The van der Waals surface area contributed by atoms with Gasteiger partial charge in [-0.05, 0) is 49.7 Å². The Morgan fingerprint density at radius 1 is 1.33 bits per heavy atom. The number of ether oxygens (including phenoxy) is 3. The first-order valence-corrected chi connectivity index (χ1v) is 11.8. The number of amidine groups is 1. The van der Waals surface area contributed by atoms with Crippen LogP contribution in [0, 0.1) is 0 Å². The number of anilines is 2. The van der Waals surface area contributed by atoms with Crippen molar-refractivity contribution in [2.75, 3.05) is 37.1 Å². The second kappa shape index (κ2) is 10.7. The zero-order valence-electron chi connectivity index (χ0n) is 20.7. The van der Waals surface area contributed by atoms with E-state index in [0.717, 1.165) is 11.1 Å². The van der Waals surface area contributed by atoms with Gasteiger partial charge in [-0.1, -0.05) is 12.1 Å². The summed E-state index contributed by atoms with van der Waals surface area (Å²) in [6.45, 7) is 5.17. The second-order valence-electron chi connectivity index (χ2n) is 9.32. The van der Waals surface area contributed by atoms with Crippen molar-refractivity contribution in [1.82, 2.24) is 0 Å². The van der Waals surface area contributed by atoms with Crippen LogP contribution in [-0.4, -0.2) is 67.4 Å². The van der Waals surface area contributed by atoms with Gasteiger partial charge in [0.25, 0.3) is 11.8 Å². The lowest BCUT2D eigenvalue weighted by molar-refractivity contribution is -0.150. The van der Waals surface area contributed by atoms with Crippen LogP contribution in [0.25, 0.3) is 0 Å². The summed E-state index contributed by atoms with van der Waals surface area (Å²) in [6, 6.07) is 12.3. The van der Waals surface area contributed by atoms with E-state index < -0.39 is 24.0 Å². The molecule has 0 aromatic heterocycles. The Balaban J connectivity index is 1.43. The fourth-order valence-electron chi connectivity index (χ4n) is 4.04. The molecule has 1 saturated heterocycles. The van der Waals surface area contributed by atoms with Gasteiger partial charge in [-0.15, -0.1) is 0 Å². The number of nitrogens with zero attached hydrogens (tertiary/aromatic N) is 2. The summed E-state index contributed by atoms with van der Waals surface area (Å²) in [6.07, 6.45) is -2.41. The number of carbonyl (C=O) groups is 2. The summed E-state index contributed by atoms with van der Waals surface area (Å²) < 4.78 is 16.9. The molecule has 2 aromatic rings. The standard InChI is InChI=1S/C26H32N4O6/c1-26(2,34-3)10-12-35-20-7-5-4-6-19(20)30-11-13-36-22(25(30)33)21(31)24(32)29-17-8-9-18-16(14-17)15-28-23(18)27/h4-9,14,21-22,31H,10-13,15H2,1-3H3,(H2,27,28)(H,29,32)/t21-,22-/m1/s1. The minimum absolute atomic E-state index is 0.154. The van der Waals surface area contributed by atoms with Crippen LogP contribution in [-0.2, 0) is 25.6 Å². The fourth-order valence-corrected chi connectivity index (χ4v) is 4.04. The molecule has 0 spiro atoms. The molecule has 36 heavy (non-hydrogen) atoms. The maximum atomic E-state index is 13.3. The maximum absolute atomic E-state index is 13.3. The monoisotopic (exact) mass is 496 g/mol. The number of nitrogens with one attached hydrogen (secondary N) is 1.